The van der Waals surface area contributed by atoms with Gasteiger partial charge in [-0.2, -0.15) is 18.3 Å². The lowest BCUT2D eigenvalue weighted by Gasteiger charge is -2.32. The average molecular weight is 442 g/mol. The molecule has 0 bridgehead atoms. The van der Waals surface area contributed by atoms with Gasteiger partial charge in [-0.3, -0.25) is 14.5 Å². The average Bonchev–Trinajstić information content (AvgIpc) is 3.28. The number of alkyl halides is 3. The molecule has 1 saturated heterocycles. The van der Waals surface area contributed by atoms with E-state index in [1.807, 2.05) is 24.0 Å². The summed E-state index contributed by atoms with van der Waals surface area (Å²) in [4.78, 5) is 19.2. The molecule has 3 heterocycles. The highest BCUT2D eigenvalue weighted by molar-refractivity contribution is 5.92. The van der Waals surface area contributed by atoms with E-state index >= 15 is 0 Å². The van der Waals surface area contributed by atoms with E-state index in [1.54, 1.807) is 29.2 Å². The van der Waals surface area contributed by atoms with E-state index in [2.05, 4.69) is 10.1 Å². The van der Waals surface area contributed by atoms with Crippen LogP contribution in [0.3, 0.4) is 0 Å². The number of nitrogens with zero attached hydrogens (tertiary/aromatic N) is 4. The van der Waals surface area contributed by atoms with E-state index in [0.29, 0.717) is 37.3 Å². The summed E-state index contributed by atoms with van der Waals surface area (Å²) in [6.45, 7) is 3.97. The number of halogens is 3. The van der Waals surface area contributed by atoms with Crippen molar-refractivity contribution in [1.29, 1.82) is 0 Å². The van der Waals surface area contributed by atoms with Crippen molar-refractivity contribution in [3.8, 4) is 0 Å². The quantitative estimate of drug-likeness (QED) is 0.563. The molecule has 1 atom stereocenters. The highest BCUT2D eigenvalue weighted by atomic mass is 19.4. The summed E-state index contributed by atoms with van der Waals surface area (Å²) in [6.07, 6.45) is 1.38. The van der Waals surface area contributed by atoms with Gasteiger partial charge in [0.1, 0.15) is 5.69 Å². The molecule has 8 heteroatoms. The summed E-state index contributed by atoms with van der Waals surface area (Å²) >= 11 is 0. The second-order valence-electron chi connectivity index (χ2n) is 8.11. The summed E-state index contributed by atoms with van der Waals surface area (Å²) in [5, 5.41) is 4.31. The normalized spacial score (nSPS) is 16.9. The molecule has 32 heavy (non-hydrogen) atoms. The molecular formula is C24H25F3N4O. The molecule has 1 aliphatic heterocycles. The zero-order valence-electron chi connectivity index (χ0n) is 17.8. The first kappa shape index (κ1) is 22.0. The number of benzene rings is 1. The van der Waals surface area contributed by atoms with Gasteiger partial charge in [-0.05, 0) is 55.5 Å². The second kappa shape index (κ2) is 9.14. The molecule has 168 valence electrons. The van der Waals surface area contributed by atoms with Crippen LogP contribution in [0.4, 0.5) is 13.2 Å². The Morgan fingerprint density at radius 3 is 2.69 bits per heavy atom. The topological polar surface area (TPSA) is 51.0 Å². The summed E-state index contributed by atoms with van der Waals surface area (Å²) in [7, 11) is 0. The third-order valence-corrected chi connectivity index (χ3v) is 5.82. The number of aryl methyl sites for hydroxylation is 1. The molecule has 2 aromatic heterocycles. The zero-order valence-corrected chi connectivity index (χ0v) is 17.8. The number of hydrogen-bond acceptors (Lipinski definition) is 3. The largest absolute Gasteiger partial charge is 0.416 e. The SMILES string of the molecule is CCn1ccc(C(=O)N2CCCC(c3ccc(Cc4cccc(C(F)(F)F)c4)cn3)C2)n1. The van der Waals surface area contributed by atoms with Crippen LogP contribution in [0.5, 0.6) is 0 Å². The smallest absolute Gasteiger partial charge is 0.337 e. The first-order chi connectivity index (χ1) is 15.3. The van der Waals surface area contributed by atoms with Gasteiger partial charge in [0.2, 0.25) is 0 Å². The molecular weight excluding hydrogens is 417 g/mol. The molecule has 0 spiro atoms. The van der Waals surface area contributed by atoms with E-state index in [-0.39, 0.29) is 11.8 Å². The van der Waals surface area contributed by atoms with Crippen molar-refractivity contribution in [3.63, 3.8) is 0 Å². The van der Waals surface area contributed by atoms with E-state index in [0.717, 1.165) is 30.2 Å². The fourth-order valence-electron chi connectivity index (χ4n) is 4.09. The van der Waals surface area contributed by atoms with Gasteiger partial charge in [-0.25, -0.2) is 0 Å². The summed E-state index contributed by atoms with van der Waals surface area (Å²) in [5.74, 6) is 0.0617. The summed E-state index contributed by atoms with van der Waals surface area (Å²) in [6, 6.07) is 11.0. The Hall–Kier alpha value is -3.16. The number of hydrogen-bond donors (Lipinski definition) is 0. The minimum atomic E-state index is -4.35. The predicted molar refractivity (Wildman–Crippen MR) is 114 cm³/mol. The molecule has 0 saturated carbocycles. The van der Waals surface area contributed by atoms with E-state index in [4.69, 9.17) is 0 Å². The van der Waals surface area contributed by atoms with Crippen molar-refractivity contribution in [3.05, 3.63) is 82.9 Å². The third-order valence-electron chi connectivity index (χ3n) is 5.82. The van der Waals surface area contributed by atoms with Gasteiger partial charge >= 0.3 is 6.18 Å². The fourth-order valence-corrected chi connectivity index (χ4v) is 4.09. The van der Waals surface area contributed by atoms with Crippen LogP contribution in [0, 0.1) is 0 Å². The Kier molecular flexibility index (Phi) is 6.30. The molecule has 1 aliphatic rings. The number of amides is 1. The molecule has 1 fully saturated rings. The van der Waals surface area contributed by atoms with Crippen molar-refractivity contribution in [2.24, 2.45) is 0 Å². The number of piperidine rings is 1. The van der Waals surface area contributed by atoms with E-state index in [1.165, 1.54) is 12.1 Å². The lowest BCUT2D eigenvalue weighted by molar-refractivity contribution is -0.137. The number of pyridine rings is 1. The Balaban J connectivity index is 1.42. The second-order valence-corrected chi connectivity index (χ2v) is 8.11. The predicted octanol–water partition coefficient (Wildman–Crippen LogP) is 4.93. The van der Waals surface area contributed by atoms with Gasteiger partial charge in [0, 0.05) is 43.6 Å². The maximum absolute atomic E-state index is 12.9. The van der Waals surface area contributed by atoms with E-state index in [9.17, 15) is 18.0 Å². The van der Waals surface area contributed by atoms with E-state index < -0.39 is 11.7 Å². The van der Waals surface area contributed by atoms with Gasteiger partial charge in [0.25, 0.3) is 5.91 Å². The number of rotatable bonds is 5. The number of likely N-dealkylation sites (tertiary alicyclic amines) is 1. The molecule has 1 unspecified atom stereocenters. The molecule has 3 aromatic rings. The first-order valence-electron chi connectivity index (χ1n) is 10.8. The van der Waals surface area contributed by atoms with Crippen LogP contribution >= 0.6 is 0 Å². The number of carbonyl (C=O) groups excluding carboxylic acids is 1. The molecule has 0 radical (unpaired) electrons. The first-order valence-corrected chi connectivity index (χ1v) is 10.8. The Labute approximate surface area is 184 Å². The van der Waals surface area contributed by atoms with Crippen LogP contribution in [0.15, 0.2) is 54.9 Å². The zero-order chi connectivity index (χ0) is 22.7. The van der Waals surface area contributed by atoms with Gasteiger partial charge < -0.3 is 4.90 Å². The van der Waals surface area contributed by atoms with Crippen molar-refractivity contribution >= 4 is 5.91 Å². The summed E-state index contributed by atoms with van der Waals surface area (Å²) < 4.78 is 40.5. The van der Waals surface area contributed by atoms with Crippen molar-refractivity contribution in [2.75, 3.05) is 13.1 Å². The Morgan fingerprint density at radius 2 is 2.00 bits per heavy atom. The highest BCUT2D eigenvalue weighted by Crippen LogP contribution is 2.30. The summed E-state index contributed by atoms with van der Waals surface area (Å²) in [5.41, 5.74) is 2.15. The van der Waals surface area contributed by atoms with Crippen LogP contribution in [0.2, 0.25) is 0 Å². The molecule has 1 aromatic carbocycles. The van der Waals surface area contributed by atoms with Crippen molar-refractivity contribution in [1.82, 2.24) is 19.7 Å². The molecule has 0 aliphatic carbocycles. The third kappa shape index (κ3) is 5.00. The van der Waals surface area contributed by atoms with Crippen molar-refractivity contribution in [2.45, 2.75) is 44.8 Å². The van der Waals surface area contributed by atoms with Gasteiger partial charge in [0.05, 0.1) is 5.56 Å². The maximum atomic E-state index is 12.9. The fraction of sp³-hybridized carbons (Fsp3) is 0.375. The molecule has 0 N–H and O–H groups in total. The van der Waals surface area contributed by atoms with Crippen molar-refractivity contribution < 1.29 is 18.0 Å². The van der Waals surface area contributed by atoms with Crippen LogP contribution in [0.1, 0.15) is 58.6 Å². The minimum absolute atomic E-state index is 0.0666. The van der Waals surface area contributed by atoms with Crippen LogP contribution in [-0.4, -0.2) is 38.7 Å². The van der Waals surface area contributed by atoms with Crippen LogP contribution < -0.4 is 0 Å². The lowest BCUT2D eigenvalue weighted by atomic mass is 9.93. The Morgan fingerprint density at radius 1 is 1.16 bits per heavy atom. The Bertz CT molecular complexity index is 1080. The van der Waals surface area contributed by atoms with Gasteiger partial charge in [0.15, 0.2) is 0 Å². The maximum Gasteiger partial charge on any atom is 0.416 e. The number of aromatic nitrogens is 3. The van der Waals surface area contributed by atoms with Crippen LogP contribution in [0.25, 0.3) is 0 Å². The van der Waals surface area contributed by atoms with Crippen LogP contribution in [-0.2, 0) is 19.1 Å². The number of carbonyl (C=O) groups is 1. The molecule has 4 rings (SSSR count). The molecule has 1 amide bonds. The van der Waals surface area contributed by atoms with Gasteiger partial charge in [-0.1, -0.05) is 24.3 Å². The van der Waals surface area contributed by atoms with Gasteiger partial charge in [-0.15, -0.1) is 0 Å². The standard InChI is InChI=1S/C24H25F3N4O/c1-2-31-12-10-22(29-31)23(32)30-11-4-6-19(16-30)21-9-8-18(15-28-21)13-17-5-3-7-20(14-17)24(25,26)27/h3,5,7-10,12,14-15,19H,2,4,6,11,13,16H2,1H3. The molecule has 5 nitrogen and oxygen atoms in total. The highest BCUT2D eigenvalue weighted by Gasteiger charge is 2.30. The monoisotopic (exact) mass is 442 g/mol. The lowest BCUT2D eigenvalue weighted by Crippen LogP contribution is -2.39. The minimum Gasteiger partial charge on any atom is -0.337 e.